The lowest BCUT2D eigenvalue weighted by atomic mass is 9.98. The van der Waals surface area contributed by atoms with E-state index in [1.54, 1.807) is 13.3 Å². The number of pyridine rings is 1. The first-order chi connectivity index (χ1) is 8.77. The maximum Gasteiger partial charge on any atom is 0.107 e. The zero-order valence-electron chi connectivity index (χ0n) is 10.8. The molecule has 3 nitrogen and oxygen atoms in total. The van der Waals surface area contributed by atoms with Crippen molar-refractivity contribution in [2.75, 3.05) is 7.11 Å². The van der Waals surface area contributed by atoms with Crippen LogP contribution >= 0.6 is 0 Å². The molecule has 0 aliphatic heterocycles. The van der Waals surface area contributed by atoms with E-state index in [9.17, 15) is 5.11 Å². The van der Waals surface area contributed by atoms with Crippen LogP contribution in [-0.2, 0) is 4.74 Å². The van der Waals surface area contributed by atoms with Gasteiger partial charge < -0.3 is 9.84 Å². The number of nitrogens with zero attached hydrogens (tertiary/aromatic N) is 1. The average molecular weight is 245 g/mol. The van der Waals surface area contributed by atoms with Crippen LogP contribution in [0.25, 0.3) is 10.9 Å². The van der Waals surface area contributed by atoms with Crippen LogP contribution in [-0.4, -0.2) is 23.3 Å². The number of hydrogen-bond donors (Lipinski definition) is 1. The summed E-state index contributed by atoms with van der Waals surface area (Å²) in [5, 5.41) is 11.5. The molecule has 0 radical (unpaired) electrons. The number of aliphatic hydroxyl groups excluding tert-OH is 1. The summed E-state index contributed by atoms with van der Waals surface area (Å²) in [6, 6.07) is 9.77. The van der Waals surface area contributed by atoms with Crippen LogP contribution in [0, 0.1) is 0 Å². The van der Waals surface area contributed by atoms with E-state index in [4.69, 9.17) is 4.74 Å². The highest BCUT2D eigenvalue weighted by molar-refractivity contribution is 5.81. The van der Waals surface area contributed by atoms with E-state index >= 15 is 0 Å². The minimum absolute atomic E-state index is 0.178. The van der Waals surface area contributed by atoms with Crippen LogP contribution in [0.3, 0.4) is 0 Å². The van der Waals surface area contributed by atoms with Gasteiger partial charge in [-0.3, -0.25) is 4.98 Å². The first kappa shape index (κ1) is 13.0. The summed E-state index contributed by atoms with van der Waals surface area (Å²) in [6.07, 6.45) is 2.76. The summed E-state index contributed by atoms with van der Waals surface area (Å²) < 4.78 is 5.38. The van der Waals surface area contributed by atoms with Crippen molar-refractivity contribution in [1.29, 1.82) is 0 Å². The summed E-state index contributed by atoms with van der Waals surface area (Å²) in [7, 11) is 1.64. The van der Waals surface area contributed by atoms with Crippen LogP contribution < -0.4 is 0 Å². The predicted octanol–water partition coefficient (Wildman–Crippen LogP) is 3.08. The van der Waals surface area contributed by atoms with E-state index in [0.29, 0.717) is 0 Å². The quantitative estimate of drug-likeness (QED) is 0.880. The van der Waals surface area contributed by atoms with E-state index in [0.717, 1.165) is 29.3 Å². The fourth-order valence-electron chi connectivity index (χ4n) is 2.26. The van der Waals surface area contributed by atoms with Crippen molar-refractivity contribution in [2.24, 2.45) is 0 Å². The van der Waals surface area contributed by atoms with Crippen molar-refractivity contribution >= 4 is 10.9 Å². The molecular formula is C15H19NO2. The molecule has 3 heteroatoms. The SMILES string of the molecule is CCCC(OC)C(O)c1cccc2cccnc12. The number of aliphatic hydroxyl groups is 1. The molecule has 96 valence electrons. The molecule has 0 bridgehead atoms. The van der Waals surface area contributed by atoms with E-state index in [1.807, 2.05) is 30.3 Å². The van der Waals surface area contributed by atoms with Crippen LogP contribution in [0.2, 0.25) is 0 Å². The zero-order chi connectivity index (χ0) is 13.0. The Morgan fingerprint density at radius 2 is 2.06 bits per heavy atom. The number of aromatic nitrogens is 1. The summed E-state index contributed by atoms with van der Waals surface area (Å²) in [5.74, 6) is 0. The number of hydrogen-bond acceptors (Lipinski definition) is 3. The van der Waals surface area contributed by atoms with Crippen molar-refractivity contribution < 1.29 is 9.84 Å². The number of methoxy groups -OCH3 is 1. The normalized spacial score (nSPS) is 14.6. The van der Waals surface area contributed by atoms with Crippen molar-refractivity contribution in [2.45, 2.75) is 32.0 Å². The topological polar surface area (TPSA) is 42.4 Å². The molecule has 0 fully saturated rings. The Labute approximate surface area is 107 Å². The Bertz CT molecular complexity index is 507. The van der Waals surface area contributed by atoms with Crippen molar-refractivity contribution in [3.05, 3.63) is 42.1 Å². The molecule has 1 heterocycles. The number of para-hydroxylation sites is 1. The second-order valence-corrected chi connectivity index (χ2v) is 4.43. The van der Waals surface area contributed by atoms with E-state index in [2.05, 4.69) is 11.9 Å². The highest BCUT2D eigenvalue weighted by atomic mass is 16.5. The van der Waals surface area contributed by atoms with Gasteiger partial charge in [0.15, 0.2) is 0 Å². The summed E-state index contributed by atoms with van der Waals surface area (Å²) >= 11 is 0. The van der Waals surface area contributed by atoms with Gasteiger partial charge in [-0.05, 0) is 12.5 Å². The lowest BCUT2D eigenvalue weighted by molar-refractivity contribution is -0.0173. The zero-order valence-corrected chi connectivity index (χ0v) is 10.8. The third kappa shape index (κ3) is 2.52. The van der Waals surface area contributed by atoms with Gasteiger partial charge in [0.1, 0.15) is 6.10 Å². The molecule has 0 spiro atoms. The Morgan fingerprint density at radius 1 is 1.28 bits per heavy atom. The fraction of sp³-hybridized carbons (Fsp3) is 0.400. The molecule has 0 aliphatic rings. The smallest absolute Gasteiger partial charge is 0.107 e. The lowest BCUT2D eigenvalue weighted by Gasteiger charge is -2.22. The largest absolute Gasteiger partial charge is 0.386 e. The second-order valence-electron chi connectivity index (χ2n) is 4.43. The predicted molar refractivity (Wildman–Crippen MR) is 72.4 cm³/mol. The minimum atomic E-state index is -0.631. The maximum atomic E-state index is 10.4. The van der Waals surface area contributed by atoms with E-state index in [-0.39, 0.29) is 6.10 Å². The molecule has 0 saturated heterocycles. The first-order valence-electron chi connectivity index (χ1n) is 6.32. The monoisotopic (exact) mass is 245 g/mol. The Hall–Kier alpha value is -1.45. The van der Waals surface area contributed by atoms with Crippen LogP contribution in [0.1, 0.15) is 31.4 Å². The summed E-state index contributed by atoms with van der Waals surface area (Å²) in [4.78, 5) is 4.36. The fourth-order valence-corrected chi connectivity index (χ4v) is 2.26. The number of benzene rings is 1. The summed E-state index contributed by atoms with van der Waals surface area (Å²) in [5.41, 5.74) is 1.69. The Kier molecular flexibility index (Phi) is 4.28. The van der Waals surface area contributed by atoms with Crippen LogP contribution in [0.15, 0.2) is 36.5 Å². The number of ether oxygens (including phenoxy) is 1. The highest BCUT2D eigenvalue weighted by Gasteiger charge is 2.21. The molecule has 2 unspecified atom stereocenters. The van der Waals surface area contributed by atoms with Gasteiger partial charge in [-0.25, -0.2) is 0 Å². The van der Waals surface area contributed by atoms with Crippen molar-refractivity contribution in [3.63, 3.8) is 0 Å². The standard InChI is InChI=1S/C15H19NO2/c1-3-6-13(18-2)15(17)12-9-4-7-11-8-5-10-16-14(11)12/h4-5,7-10,13,15,17H,3,6H2,1-2H3. The van der Waals surface area contributed by atoms with E-state index in [1.165, 1.54) is 0 Å². The molecule has 0 saturated carbocycles. The molecule has 1 N–H and O–H groups in total. The molecule has 0 amide bonds. The second kappa shape index (κ2) is 5.94. The molecule has 2 aromatic rings. The number of fused-ring (bicyclic) bond motifs is 1. The van der Waals surface area contributed by atoms with Gasteiger partial charge in [-0.1, -0.05) is 37.6 Å². The molecule has 18 heavy (non-hydrogen) atoms. The number of rotatable bonds is 5. The van der Waals surface area contributed by atoms with Gasteiger partial charge in [0.25, 0.3) is 0 Å². The molecule has 1 aromatic carbocycles. The maximum absolute atomic E-state index is 10.4. The van der Waals surface area contributed by atoms with Crippen LogP contribution in [0.5, 0.6) is 0 Å². The van der Waals surface area contributed by atoms with Crippen molar-refractivity contribution in [1.82, 2.24) is 4.98 Å². The minimum Gasteiger partial charge on any atom is -0.386 e. The lowest BCUT2D eigenvalue weighted by Crippen LogP contribution is -2.21. The van der Waals surface area contributed by atoms with Gasteiger partial charge in [0, 0.05) is 24.3 Å². The Morgan fingerprint density at radius 3 is 2.78 bits per heavy atom. The van der Waals surface area contributed by atoms with Gasteiger partial charge in [0.05, 0.1) is 11.6 Å². The molecule has 2 rings (SSSR count). The first-order valence-corrected chi connectivity index (χ1v) is 6.32. The summed E-state index contributed by atoms with van der Waals surface area (Å²) in [6.45, 7) is 2.08. The third-order valence-corrected chi connectivity index (χ3v) is 3.21. The Balaban J connectivity index is 2.40. The average Bonchev–Trinajstić information content (AvgIpc) is 2.43. The van der Waals surface area contributed by atoms with Gasteiger partial charge in [-0.15, -0.1) is 0 Å². The molecule has 0 aliphatic carbocycles. The van der Waals surface area contributed by atoms with Crippen LogP contribution in [0.4, 0.5) is 0 Å². The highest BCUT2D eigenvalue weighted by Crippen LogP contribution is 2.27. The van der Waals surface area contributed by atoms with Gasteiger partial charge in [0.2, 0.25) is 0 Å². The molecular weight excluding hydrogens is 226 g/mol. The third-order valence-electron chi connectivity index (χ3n) is 3.21. The molecule has 1 aromatic heterocycles. The van der Waals surface area contributed by atoms with Gasteiger partial charge >= 0.3 is 0 Å². The van der Waals surface area contributed by atoms with Crippen molar-refractivity contribution in [3.8, 4) is 0 Å². The molecule has 2 atom stereocenters. The van der Waals surface area contributed by atoms with Gasteiger partial charge in [-0.2, -0.15) is 0 Å². The van der Waals surface area contributed by atoms with E-state index < -0.39 is 6.10 Å².